The van der Waals surface area contributed by atoms with E-state index in [2.05, 4.69) is 15.0 Å². The molecule has 3 N–H and O–H groups in total. The largest absolute Gasteiger partial charge is 0.422 e. The number of hydrogen-bond donors (Lipinski definition) is 2. The molecule has 3 heterocycles. The predicted molar refractivity (Wildman–Crippen MR) is 73.1 cm³/mol. The van der Waals surface area contributed by atoms with E-state index in [9.17, 15) is 10.1 Å². The fourth-order valence-electron chi connectivity index (χ4n) is 2.35. The number of rotatable bonds is 1. The number of aromatic amines is 1. The Morgan fingerprint density at radius 2 is 2.33 bits per heavy atom. The molecule has 0 saturated carbocycles. The molecule has 0 aliphatic carbocycles. The maximum atomic E-state index is 12.3. The van der Waals surface area contributed by atoms with Crippen LogP contribution in [0.25, 0.3) is 0 Å². The average molecular weight is 281 g/mol. The number of nitrogens with zero attached hydrogens (tertiary/aromatic N) is 3. The van der Waals surface area contributed by atoms with Crippen LogP contribution < -0.4 is 16.0 Å². The highest BCUT2D eigenvalue weighted by Crippen LogP contribution is 2.38. The van der Waals surface area contributed by atoms with E-state index < -0.39 is 5.92 Å². The highest BCUT2D eigenvalue weighted by molar-refractivity contribution is 5.52. The van der Waals surface area contributed by atoms with E-state index >= 15 is 0 Å². The second kappa shape index (κ2) is 4.76. The monoisotopic (exact) mass is 281 g/mol. The third-order valence-corrected chi connectivity index (χ3v) is 3.23. The molecule has 2 aromatic heterocycles. The molecule has 0 aromatic carbocycles. The molecule has 21 heavy (non-hydrogen) atoms. The van der Waals surface area contributed by atoms with Crippen molar-refractivity contribution in [2.45, 2.75) is 12.8 Å². The van der Waals surface area contributed by atoms with E-state index in [1.165, 1.54) is 0 Å². The van der Waals surface area contributed by atoms with Crippen LogP contribution in [0.4, 0.5) is 0 Å². The summed E-state index contributed by atoms with van der Waals surface area (Å²) in [6, 6.07) is 5.51. The minimum absolute atomic E-state index is 0.0450. The molecule has 0 spiro atoms. The number of allylic oxidation sites excluding steroid dienone is 1. The SMILES string of the molecule is Cc1nc2c(c(=O)[nH]1)[C@H](c1cccnc1)C(C#N)=C(N)O2. The first-order valence-electron chi connectivity index (χ1n) is 6.20. The zero-order chi connectivity index (χ0) is 15.0. The summed E-state index contributed by atoms with van der Waals surface area (Å²) in [5.74, 6) is -0.140. The molecule has 0 radical (unpaired) electrons. The van der Waals surface area contributed by atoms with Gasteiger partial charge in [-0.05, 0) is 18.6 Å². The van der Waals surface area contributed by atoms with Crippen molar-refractivity contribution < 1.29 is 4.74 Å². The van der Waals surface area contributed by atoms with Gasteiger partial charge in [0.25, 0.3) is 5.56 Å². The van der Waals surface area contributed by atoms with Crippen LogP contribution in [0.2, 0.25) is 0 Å². The lowest BCUT2D eigenvalue weighted by atomic mass is 9.86. The zero-order valence-electron chi connectivity index (χ0n) is 11.1. The fourth-order valence-corrected chi connectivity index (χ4v) is 2.35. The topological polar surface area (TPSA) is 118 Å². The van der Waals surface area contributed by atoms with Gasteiger partial charge in [0.1, 0.15) is 17.5 Å². The lowest BCUT2D eigenvalue weighted by Crippen LogP contribution is -2.29. The second-order valence-corrected chi connectivity index (χ2v) is 4.58. The highest BCUT2D eigenvalue weighted by atomic mass is 16.5. The maximum absolute atomic E-state index is 12.3. The van der Waals surface area contributed by atoms with Gasteiger partial charge in [-0.3, -0.25) is 9.78 Å². The van der Waals surface area contributed by atoms with E-state index in [1.54, 1.807) is 31.5 Å². The summed E-state index contributed by atoms with van der Waals surface area (Å²) < 4.78 is 5.33. The van der Waals surface area contributed by atoms with Crippen molar-refractivity contribution in [3.05, 3.63) is 63.3 Å². The van der Waals surface area contributed by atoms with Crippen LogP contribution in [0.3, 0.4) is 0 Å². The average Bonchev–Trinajstić information content (AvgIpc) is 2.46. The molecule has 1 aliphatic heterocycles. The summed E-state index contributed by atoms with van der Waals surface area (Å²) in [5, 5.41) is 9.34. The smallest absolute Gasteiger partial charge is 0.258 e. The number of hydrogen-bond acceptors (Lipinski definition) is 6. The van der Waals surface area contributed by atoms with Crippen molar-refractivity contribution in [1.82, 2.24) is 15.0 Å². The first kappa shape index (κ1) is 12.9. The molecule has 0 bridgehead atoms. The number of aromatic nitrogens is 3. The lowest BCUT2D eigenvalue weighted by molar-refractivity contribution is 0.373. The minimum atomic E-state index is -0.635. The number of nitriles is 1. The number of pyridine rings is 1. The van der Waals surface area contributed by atoms with Gasteiger partial charge in [0, 0.05) is 12.4 Å². The molecule has 7 heteroatoms. The number of aryl methyl sites for hydroxylation is 1. The van der Waals surface area contributed by atoms with E-state index in [0.29, 0.717) is 11.4 Å². The summed E-state index contributed by atoms with van der Waals surface area (Å²) in [6.07, 6.45) is 3.20. The quantitative estimate of drug-likeness (QED) is 0.794. The van der Waals surface area contributed by atoms with Crippen molar-refractivity contribution in [2.75, 3.05) is 0 Å². The molecular formula is C14H11N5O2. The molecule has 0 fully saturated rings. The number of H-pyrrole nitrogens is 1. The Kier molecular flexibility index (Phi) is 2.92. The Balaban J connectivity index is 2.32. The number of fused-ring (bicyclic) bond motifs is 1. The van der Waals surface area contributed by atoms with E-state index in [-0.39, 0.29) is 28.5 Å². The number of nitrogens with two attached hydrogens (primary N) is 1. The number of nitrogens with one attached hydrogen (secondary N) is 1. The third-order valence-electron chi connectivity index (χ3n) is 3.23. The van der Waals surface area contributed by atoms with Gasteiger partial charge < -0.3 is 15.5 Å². The van der Waals surface area contributed by atoms with Crippen molar-refractivity contribution in [2.24, 2.45) is 5.73 Å². The fraction of sp³-hybridized carbons (Fsp3) is 0.143. The summed E-state index contributed by atoms with van der Waals surface area (Å²) >= 11 is 0. The Morgan fingerprint density at radius 3 is 3.00 bits per heavy atom. The molecule has 0 amide bonds. The molecule has 3 rings (SSSR count). The van der Waals surface area contributed by atoms with Gasteiger partial charge >= 0.3 is 0 Å². The van der Waals surface area contributed by atoms with Crippen LogP contribution in [-0.2, 0) is 0 Å². The van der Waals surface area contributed by atoms with E-state index in [0.717, 1.165) is 0 Å². The minimum Gasteiger partial charge on any atom is -0.422 e. The molecule has 0 unspecified atom stereocenters. The predicted octanol–water partition coefficient (Wildman–Crippen LogP) is 0.692. The zero-order valence-corrected chi connectivity index (χ0v) is 11.1. The second-order valence-electron chi connectivity index (χ2n) is 4.58. The van der Waals surface area contributed by atoms with Crippen molar-refractivity contribution in [3.8, 4) is 11.9 Å². The first-order chi connectivity index (χ1) is 10.1. The van der Waals surface area contributed by atoms with Gasteiger partial charge in [0.2, 0.25) is 11.8 Å². The van der Waals surface area contributed by atoms with E-state index in [1.807, 2.05) is 6.07 Å². The molecular weight excluding hydrogens is 270 g/mol. The maximum Gasteiger partial charge on any atom is 0.258 e. The molecule has 104 valence electrons. The highest BCUT2D eigenvalue weighted by Gasteiger charge is 2.34. The van der Waals surface area contributed by atoms with Crippen molar-refractivity contribution in [1.29, 1.82) is 5.26 Å². The van der Waals surface area contributed by atoms with Gasteiger partial charge in [-0.15, -0.1) is 0 Å². The van der Waals surface area contributed by atoms with Crippen LogP contribution in [0.15, 0.2) is 40.8 Å². The van der Waals surface area contributed by atoms with Gasteiger partial charge in [0.15, 0.2) is 0 Å². The van der Waals surface area contributed by atoms with Crippen molar-refractivity contribution in [3.63, 3.8) is 0 Å². The Labute approximate surface area is 119 Å². The molecule has 1 atom stereocenters. The van der Waals surface area contributed by atoms with Crippen LogP contribution in [0.5, 0.6) is 5.88 Å². The van der Waals surface area contributed by atoms with E-state index in [4.69, 9.17) is 10.5 Å². The van der Waals surface area contributed by atoms with Crippen LogP contribution >= 0.6 is 0 Å². The molecule has 2 aromatic rings. The summed E-state index contributed by atoms with van der Waals surface area (Å²) in [5.41, 5.74) is 6.55. The molecule has 0 saturated heterocycles. The summed E-state index contributed by atoms with van der Waals surface area (Å²) in [7, 11) is 0. The lowest BCUT2D eigenvalue weighted by Gasteiger charge is -2.24. The Morgan fingerprint density at radius 1 is 1.52 bits per heavy atom. The third kappa shape index (κ3) is 2.03. The van der Waals surface area contributed by atoms with Crippen molar-refractivity contribution >= 4 is 0 Å². The normalized spacial score (nSPS) is 16.9. The Hall–Kier alpha value is -3.14. The summed E-state index contributed by atoms with van der Waals surface area (Å²) in [4.78, 5) is 23.1. The van der Waals surface area contributed by atoms with Gasteiger partial charge in [-0.25, -0.2) is 0 Å². The van der Waals surface area contributed by atoms with Gasteiger partial charge in [-0.2, -0.15) is 10.2 Å². The first-order valence-corrected chi connectivity index (χ1v) is 6.20. The van der Waals surface area contributed by atoms with Gasteiger partial charge in [0.05, 0.1) is 11.5 Å². The summed E-state index contributed by atoms with van der Waals surface area (Å²) in [6.45, 7) is 1.64. The van der Waals surface area contributed by atoms with Crippen LogP contribution in [0, 0.1) is 18.3 Å². The van der Waals surface area contributed by atoms with Crippen LogP contribution in [-0.4, -0.2) is 15.0 Å². The van der Waals surface area contributed by atoms with Crippen LogP contribution in [0.1, 0.15) is 22.9 Å². The molecule has 1 aliphatic rings. The molecule has 7 nitrogen and oxygen atoms in total. The Bertz CT molecular complexity index is 833. The standard InChI is InChI=1S/C14H11N5O2/c1-7-18-13(20)11-10(8-3-2-4-17-6-8)9(5-15)12(16)21-14(11)19-7/h2-4,6,10H,16H2,1H3,(H,18,19,20)/t10-/m1/s1. The van der Waals surface area contributed by atoms with Gasteiger partial charge in [-0.1, -0.05) is 6.07 Å². The number of ether oxygens (including phenoxy) is 1.